The first kappa shape index (κ1) is 25.3. The highest BCUT2D eigenvalue weighted by Gasteiger charge is 2.14. The molecule has 0 unspecified atom stereocenters. The zero-order valence-corrected chi connectivity index (χ0v) is 23.0. The molecule has 0 fully saturated rings. The van der Waals surface area contributed by atoms with Crippen LogP contribution in [0.15, 0.2) is 103 Å². The Morgan fingerprint density at radius 2 is 1.13 bits per heavy atom. The molecular formula is C32H26N2O2S2. The summed E-state index contributed by atoms with van der Waals surface area (Å²) in [5.41, 5.74) is 5.02. The predicted molar refractivity (Wildman–Crippen MR) is 160 cm³/mol. The van der Waals surface area contributed by atoms with E-state index in [1.807, 2.05) is 37.3 Å². The summed E-state index contributed by atoms with van der Waals surface area (Å²) in [6.07, 6.45) is 1.93. The zero-order valence-electron chi connectivity index (χ0n) is 21.3. The molecule has 188 valence electrons. The van der Waals surface area contributed by atoms with E-state index in [4.69, 9.17) is 14.7 Å². The highest BCUT2D eigenvalue weighted by molar-refractivity contribution is 7.24. The van der Waals surface area contributed by atoms with Gasteiger partial charge in [0.2, 0.25) is 0 Å². The van der Waals surface area contributed by atoms with Gasteiger partial charge in [0.1, 0.15) is 11.5 Å². The summed E-state index contributed by atoms with van der Waals surface area (Å²) in [7, 11) is 3.35. The Labute approximate surface area is 231 Å². The van der Waals surface area contributed by atoms with E-state index in [-0.39, 0.29) is 0 Å². The second kappa shape index (κ2) is 11.4. The van der Waals surface area contributed by atoms with Crippen LogP contribution in [0.25, 0.3) is 26.3 Å². The number of anilines is 3. The number of ether oxygens (including phenoxy) is 2. The van der Waals surface area contributed by atoms with Crippen molar-refractivity contribution in [2.45, 2.75) is 6.92 Å². The summed E-state index contributed by atoms with van der Waals surface area (Å²) in [4.78, 5) is 6.95. The van der Waals surface area contributed by atoms with Gasteiger partial charge in [-0.1, -0.05) is 12.1 Å². The van der Waals surface area contributed by atoms with Crippen LogP contribution >= 0.6 is 22.7 Å². The third kappa shape index (κ3) is 5.50. The smallest absolute Gasteiger partial charge is 0.119 e. The minimum atomic E-state index is 0.712. The summed E-state index contributed by atoms with van der Waals surface area (Å²) in [6, 6.07) is 35.5. The Bertz CT molecular complexity index is 1540. The Hall–Kier alpha value is -4.31. The van der Waals surface area contributed by atoms with Gasteiger partial charge in [-0.3, -0.25) is 0 Å². The van der Waals surface area contributed by atoms with Crippen LogP contribution in [0.1, 0.15) is 11.8 Å². The summed E-state index contributed by atoms with van der Waals surface area (Å²) < 4.78 is 10.7. The monoisotopic (exact) mass is 534 g/mol. The average Bonchev–Trinajstić information content (AvgIpc) is 3.64. The maximum atomic E-state index is 9.05. The second-order valence-electron chi connectivity index (χ2n) is 8.58. The maximum Gasteiger partial charge on any atom is 0.119 e. The molecule has 0 aliphatic heterocycles. The molecule has 0 atom stereocenters. The highest BCUT2D eigenvalue weighted by atomic mass is 32.1. The molecule has 0 aliphatic rings. The molecule has 0 bridgehead atoms. The van der Waals surface area contributed by atoms with Gasteiger partial charge < -0.3 is 14.4 Å². The molecule has 0 saturated heterocycles. The van der Waals surface area contributed by atoms with E-state index in [1.165, 1.54) is 20.2 Å². The van der Waals surface area contributed by atoms with Gasteiger partial charge in [-0.25, -0.2) is 0 Å². The first-order chi connectivity index (χ1) is 18.6. The van der Waals surface area contributed by atoms with Crippen molar-refractivity contribution in [3.63, 3.8) is 0 Å². The van der Waals surface area contributed by atoms with Gasteiger partial charge in [0.25, 0.3) is 0 Å². The molecular weight excluding hydrogens is 508 g/mol. The van der Waals surface area contributed by atoms with Crippen molar-refractivity contribution >= 4 is 45.8 Å². The van der Waals surface area contributed by atoms with E-state index in [1.54, 1.807) is 36.9 Å². The van der Waals surface area contributed by atoms with Crippen LogP contribution in [-0.4, -0.2) is 14.2 Å². The fourth-order valence-corrected chi connectivity index (χ4v) is 6.23. The minimum absolute atomic E-state index is 0.712. The number of allylic oxidation sites excluding steroid dienone is 1. The Morgan fingerprint density at radius 1 is 0.658 bits per heavy atom. The summed E-state index contributed by atoms with van der Waals surface area (Å²) in [5, 5.41) is 9.05. The number of hydrogen-bond donors (Lipinski definition) is 0. The summed E-state index contributed by atoms with van der Waals surface area (Å²) >= 11 is 3.48. The molecule has 3 aromatic carbocycles. The molecule has 6 heteroatoms. The molecule has 5 rings (SSSR count). The average molecular weight is 535 g/mol. The first-order valence-corrected chi connectivity index (χ1v) is 13.7. The maximum absolute atomic E-state index is 9.05. The van der Waals surface area contributed by atoms with Gasteiger partial charge in [0, 0.05) is 42.1 Å². The lowest BCUT2D eigenvalue weighted by molar-refractivity contribution is 0.415. The lowest BCUT2D eigenvalue weighted by atomic mass is 10.1. The zero-order chi connectivity index (χ0) is 26.5. The van der Waals surface area contributed by atoms with E-state index in [2.05, 4.69) is 83.8 Å². The van der Waals surface area contributed by atoms with Crippen molar-refractivity contribution in [1.29, 1.82) is 5.26 Å². The van der Waals surface area contributed by atoms with Crippen LogP contribution in [0.4, 0.5) is 17.1 Å². The summed E-state index contributed by atoms with van der Waals surface area (Å²) in [5.74, 6) is 1.64. The van der Waals surface area contributed by atoms with Gasteiger partial charge in [0.05, 0.1) is 20.3 Å². The number of methoxy groups -OCH3 is 2. The van der Waals surface area contributed by atoms with Gasteiger partial charge in [-0.05, 0) is 103 Å². The highest BCUT2D eigenvalue weighted by Crippen LogP contribution is 2.40. The molecule has 5 aromatic rings. The van der Waals surface area contributed by atoms with Crippen LogP contribution in [0.2, 0.25) is 0 Å². The van der Waals surface area contributed by atoms with Crippen LogP contribution in [-0.2, 0) is 0 Å². The van der Waals surface area contributed by atoms with Crippen LogP contribution < -0.4 is 14.4 Å². The molecule has 0 N–H and O–H groups in total. The lowest BCUT2D eigenvalue weighted by Crippen LogP contribution is -2.09. The first-order valence-electron chi connectivity index (χ1n) is 12.0. The Balaban J connectivity index is 1.43. The number of rotatable bonds is 8. The van der Waals surface area contributed by atoms with Crippen molar-refractivity contribution in [3.05, 3.63) is 108 Å². The number of nitriles is 1. The van der Waals surface area contributed by atoms with Gasteiger partial charge in [0.15, 0.2) is 0 Å². The van der Waals surface area contributed by atoms with Gasteiger partial charge in [-0.2, -0.15) is 5.26 Å². The number of thiophene rings is 2. The lowest BCUT2D eigenvalue weighted by Gasteiger charge is -2.26. The molecule has 38 heavy (non-hydrogen) atoms. The fourth-order valence-electron chi connectivity index (χ4n) is 4.12. The van der Waals surface area contributed by atoms with Crippen molar-refractivity contribution in [2.24, 2.45) is 0 Å². The van der Waals surface area contributed by atoms with Crippen molar-refractivity contribution in [1.82, 2.24) is 0 Å². The number of hydrogen-bond acceptors (Lipinski definition) is 6. The van der Waals surface area contributed by atoms with E-state index < -0.39 is 0 Å². The summed E-state index contributed by atoms with van der Waals surface area (Å²) in [6.45, 7) is 1.83. The molecule has 0 amide bonds. The second-order valence-corrected chi connectivity index (χ2v) is 10.8. The SMILES string of the molecule is COc1ccc(N(c2ccc(OC)cc2)c2ccc(-c3ccc(-c4ccc(/C=C(/C)C#N)s4)s3)cc2)cc1. The minimum Gasteiger partial charge on any atom is -0.497 e. The van der Waals surface area contributed by atoms with E-state index in [9.17, 15) is 0 Å². The predicted octanol–water partition coefficient (Wildman–Crippen LogP) is 9.56. The molecule has 0 spiro atoms. The number of nitrogens with zero attached hydrogens (tertiary/aromatic N) is 2. The molecule has 0 radical (unpaired) electrons. The molecule has 2 heterocycles. The van der Waals surface area contributed by atoms with E-state index >= 15 is 0 Å². The number of benzene rings is 3. The fraction of sp³-hybridized carbons (Fsp3) is 0.0938. The molecule has 0 saturated carbocycles. The largest absolute Gasteiger partial charge is 0.497 e. The Kier molecular flexibility index (Phi) is 7.60. The quantitative estimate of drug-likeness (QED) is 0.186. The van der Waals surface area contributed by atoms with E-state index in [0.29, 0.717) is 5.57 Å². The van der Waals surface area contributed by atoms with Crippen molar-refractivity contribution in [2.75, 3.05) is 19.1 Å². The van der Waals surface area contributed by atoms with Gasteiger partial charge >= 0.3 is 0 Å². The van der Waals surface area contributed by atoms with E-state index in [0.717, 1.165) is 33.4 Å². The van der Waals surface area contributed by atoms with Gasteiger partial charge in [-0.15, -0.1) is 22.7 Å². The third-order valence-corrected chi connectivity index (χ3v) is 8.44. The molecule has 4 nitrogen and oxygen atoms in total. The molecule has 0 aliphatic carbocycles. The topological polar surface area (TPSA) is 45.5 Å². The van der Waals surface area contributed by atoms with Crippen molar-refractivity contribution < 1.29 is 9.47 Å². The third-order valence-electron chi connectivity index (χ3n) is 6.08. The Morgan fingerprint density at radius 3 is 1.66 bits per heavy atom. The normalized spacial score (nSPS) is 11.2. The molecule has 2 aromatic heterocycles. The van der Waals surface area contributed by atoms with Crippen LogP contribution in [0.5, 0.6) is 11.5 Å². The van der Waals surface area contributed by atoms with Crippen LogP contribution in [0.3, 0.4) is 0 Å². The van der Waals surface area contributed by atoms with Crippen molar-refractivity contribution in [3.8, 4) is 37.8 Å². The standard InChI is InChI=1S/C32H26N2O2S2/c1-22(21-33)20-29-16-17-31(37-29)32-19-18-30(38-32)23-4-6-24(7-5-23)34(25-8-12-27(35-2)13-9-25)26-10-14-28(36-3)15-11-26/h4-20H,1-3H3/b22-20-. The van der Waals surface area contributed by atoms with Crippen LogP contribution in [0, 0.1) is 11.3 Å².